The van der Waals surface area contributed by atoms with Crippen molar-refractivity contribution in [3.63, 3.8) is 0 Å². The average Bonchev–Trinajstić information content (AvgIpc) is 2.45. The number of sulfone groups is 1. The van der Waals surface area contributed by atoms with Gasteiger partial charge in [0.1, 0.15) is 0 Å². The second-order valence-electron chi connectivity index (χ2n) is 3.87. The van der Waals surface area contributed by atoms with Gasteiger partial charge in [-0.25, -0.2) is 8.42 Å². The highest BCUT2D eigenvalue weighted by molar-refractivity contribution is 7.91. The molecule has 0 bridgehead atoms. The molecule has 14 heavy (non-hydrogen) atoms. The van der Waals surface area contributed by atoms with Crippen molar-refractivity contribution in [2.24, 2.45) is 5.92 Å². The summed E-state index contributed by atoms with van der Waals surface area (Å²) in [5.74, 6) is 1.15. The first-order valence-corrected chi connectivity index (χ1v) is 6.96. The second kappa shape index (κ2) is 5.51. The standard InChI is InChI=1S/C10H19NO2S/c1-11-7-4-2-3-5-10-6-8-14(12,13)9-10/h2-3,10-11H,4-9H2,1H3/b3-2-. The minimum Gasteiger partial charge on any atom is -0.319 e. The van der Waals surface area contributed by atoms with Crippen LogP contribution >= 0.6 is 0 Å². The van der Waals surface area contributed by atoms with Crippen molar-refractivity contribution in [2.75, 3.05) is 25.1 Å². The van der Waals surface area contributed by atoms with Crippen molar-refractivity contribution < 1.29 is 8.42 Å². The predicted octanol–water partition coefficient (Wildman–Crippen LogP) is 0.977. The lowest BCUT2D eigenvalue weighted by atomic mass is 10.1. The van der Waals surface area contributed by atoms with Crippen LogP contribution in [0.4, 0.5) is 0 Å². The number of hydrogen-bond acceptors (Lipinski definition) is 3. The molecule has 0 aromatic rings. The summed E-state index contributed by atoms with van der Waals surface area (Å²) in [5, 5.41) is 3.06. The first-order chi connectivity index (χ1) is 6.64. The molecular weight excluding hydrogens is 198 g/mol. The van der Waals surface area contributed by atoms with Crippen molar-refractivity contribution in [1.82, 2.24) is 5.32 Å². The summed E-state index contributed by atoms with van der Waals surface area (Å²) in [6.07, 6.45) is 7.03. The van der Waals surface area contributed by atoms with Crippen LogP contribution in [0.25, 0.3) is 0 Å². The van der Waals surface area contributed by atoms with Crippen LogP contribution in [-0.4, -0.2) is 33.5 Å². The maximum absolute atomic E-state index is 11.1. The van der Waals surface area contributed by atoms with Gasteiger partial charge in [0.15, 0.2) is 9.84 Å². The molecule has 1 atom stereocenters. The van der Waals surface area contributed by atoms with E-state index in [0.29, 0.717) is 17.4 Å². The summed E-state index contributed by atoms with van der Waals surface area (Å²) >= 11 is 0. The van der Waals surface area contributed by atoms with Gasteiger partial charge in [-0.15, -0.1) is 0 Å². The average molecular weight is 217 g/mol. The van der Waals surface area contributed by atoms with E-state index >= 15 is 0 Å². The van der Waals surface area contributed by atoms with Gasteiger partial charge in [-0.05, 0) is 38.8 Å². The normalized spacial score (nSPS) is 25.9. The third-order valence-corrected chi connectivity index (χ3v) is 4.36. The van der Waals surface area contributed by atoms with E-state index in [0.717, 1.165) is 25.8 Å². The van der Waals surface area contributed by atoms with E-state index in [1.165, 1.54) is 0 Å². The highest BCUT2D eigenvalue weighted by Gasteiger charge is 2.26. The second-order valence-corrected chi connectivity index (χ2v) is 6.10. The summed E-state index contributed by atoms with van der Waals surface area (Å²) in [5.41, 5.74) is 0. The summed E-state index contributed by atoms with van der Waals surface area (Å²) in [4.78, 5) is 0. The molecule has 1 unspecified atom stereocenters. The lowest BCUT2D eigenvalue weighted by molar-refractivity contribution is 0.589. The molecule has 0 aromatic heterocycles. The molecule has 1 rings (SSSR count). The van der Waals surface area contributed by atoms with E-state index < -0.39 is 9.84 Å². The van der Waals surface area contributed by atoms with Crippen LogP contribution in [0.1, 0.15) is 19.3 Å². The van der Waals surface area contributed by atoms with Crippen LogP contribution in [0, 0.1) is 5.92 Å². The van der Waals surface area contributed by atoms with Crippen LogP contribution in [0.2, 0.25) is 0 Å². The monoisotopic (exact) mass is 217 g/mol. The molecule has 0 saturated carbocycles. The smallest absolute Gasteiger partial charge is 0.150 e. The molecule has 4 heteroatoms. The van der Waals surface area contributed by atoms with Crippen molar-refractivity contribution in [3.05, 3.63) is 12.2 Å². The fraction of sp³-hybridized carbons (Fsp3) is 0.800. The van der Waals surface area contributed by atoms with Gasteiger partial charge in [-0.2, -0.15) is 0 Å². The zero-order chi connectivity index (χ0) is 10.4. The first-order valence-electron chi connectivity index (χ1n) is 5.14. The summed E-state index contributed by atoms with van der Waals surface area (Å²) in [6, 6.07) is 0. The van der Waals surface area contributed by atoms with Crippen LogP contribution in [0.15, 0.2) is 12.2 Å². The topological polar surface area (TPSA) is 46.2 Å². The molecule has 1 fully saturated rings. The molecule has 0 aliphatic carbocycles. The quantitative estimate of drug-likeness (QED) is 0.551. The lowest BCUT2D eigenvalue weighted by Crippen LogP contribution is -2.06. The van der Waals surface area contributed by atoms with Crippen molar-refractivity contribution in [3.8, 4) is 0 Å². The summed E-state index contributed by atoms with van der Waals surface area (Å²) in [6.45, 7) is 0.986. The van der Waals surface area contributed by atoms with E-state index in [4.69, 9.17) is 0 Å². The van der Waals surface area contributed by atoms with E-state index in [-0.39, 0.29) is 0 Å². The fourth-order valence-electron chi connectivity index (χ4n) is 1.69. The largest absolute Gasteiger partial charge is 0.319 e. The Hall–Kier alpha value is -0.350. The van der Waals surface area contributed by atoms with Crippen molar-refractivity contribution in [2.45, 2.75) is 19.3 Å². The summed E-state index contributed by atoms with van der Waals surface area (Å²) < 4.78 is 22.3. The minimum atomic E-state index is -2.69. The molecule has 1 heterocycles. The Bertz CT molecular complexity index is 282. The molecular formula is C10H19NO2S. The third-order valence-electron chi connectivity index (χ3n) is 2.52. The number of allylic oxidation sites excluding steroid dienone is 1. The van der Waals surface area contributed by atoms with Gasteiger partial charge in [0.2, 0.25) is 0 Å². The maximum atomic E-state index is 11.1. The van der Waals surface area contributed by atoms with Crippen LogP contribution < -0.4 is 5.32 Å². The maximum Gasteiger partial charge on any atom is 0.150 e. The Balaban J connectivity index is 2.17. The zero-order valence-electron chi connectivity index (χ0n) is 8.70. The van der Waals surface area contributed by atoms with Gasteiger partial charge in [0.05, 0.1) is 11.5 Å². The molecule has 1 aliphatic heterocycles. The van der Waals surface area contributed by atoms with Crippen LogP contribution in [-0.2, 0) is 9.84 Å². The number of hydrogen-bond donors (Lipinski definition) is 1. The zero-order valence-corrected chi connectivity index (χ0v) is 9.52. The fourth-order valence-corrected chi connectivity index (χ4v) is 3.57. The highest BCUT2D eigenvalue weighted by atomic mass is 32.2. The lowest BCUT2D eigenvalue weighted by Gasteiger charge is -2.01. The van der Waals surface area contributed by atoms with Crippen molar-refractivity contribution in [1.29, 1.82) is 0 Å². The van der Waals surface area contributed by atoms with Gasteiger partial charge >= 0.3 is 0 Å². The molecule has 1 N–H and O–H groups in total. The molecule has 0 spiro atoms. The van der Waals surface area contributed by atoms with Gasteiger partial charge in [-0.1, -0.05) is 12.2 Å². The van der Waals surface area contributed by atoms with Gasteiger partial charge in [0.25, 0.3) is 0 Å². The third kappa shape index (κ3) is 4.24. The molecule has 3 nitrogen and oxygen atoms in total. The van der Waals surface area contributed by atoms with Crippen molar-refractivity contribution >= 4 is 9.84 Å². The minimum absolute atomic E-state index is 0.367. The van der Waals surface area contributed by atoms with E-state index in [2.05, 4.69) is 17.5 Å². The number of rotatable bonds is 5. The number of nitrogens with one attached hydrogen (secondary N) is 1. The Labute approximate surface area is 86.5 Å². The Morgan fingerprint density at radius 2 is 2.21 bits per heavy atom. The highest BCUT2D eigenvalue weighted by Crippen LogP contribution is 2.21. The molecule has 0 aromatic carbocycles. The Morgan fingerprint density at radius 3 is 2.79 bits per heavy atom. The SMILES string of the molecule is CNCC/C=C\CC1CCS(=O)(=O)C1. The molecule has 0 amide bonds. The molecule has 1 aliphatic rings. The molecule has 0 radical (unpaired) electrons. The van der Waals surface area contributed by atoms with Gasteiger partial charge in [0, 0.05) is 0 Å². The van der Waals surface area contributed by atoms with Crippen LogP contribution in [0.3, 0.4) is 0 Å². The molecule has 1 saturated heterocycles. The Kier molecular flexibility index (Phi) is 4.62. The van der Waals surface area contributed by atoms with E-state index in [1.807, 2.05) is 7.05 Å². The van der Waals surface area contributed by atoms with Gasteiger partial charge < -0.3 is 5.32 Å². The van der Waals surface area contributed by atoms with Gasteiger partial charge in [-0.3, -0.25) is 0 Å². The van der Waals surface area contributed by atoms with Crippen LogP contribution in [0.5, 0.6) is 0 Å². The predicted molar refractivity (Wildman–Crippen MR) is 59.1 cm³/mol. The first kappa shape index (κ1) is 11.7. The Morgan fingerprint density at radius 1 is 1.43 bits per heavy atom. The van der Waals surface area contributed by atoms with E-state index in [1.54, 1.807) is 0 Å². The molecule has 82 valence electrons. The van der Waals surface area contributed by atoms with E-state index in [9.17, 15) is 8.42 Å². The summed E-state index contributed by atoms with van der Waals surface area (Å²) in [7, 11) is -0.761.